The van der Waals surface area contributed by atoms with Crippen molar-refractivity contribution in [3.05, 3.63) is 54.2 Å². The van der Waals surface area contributed by atoms with E-state index < -0.39 is 54.0 Å². The van der Waals surface area contributed by atoms with Crippen LogP contribution < -0.4 is 21.7 Å². The number of rotatable bonds is 13. The van der Waals surface area contributed by atoms with Crippen LogP contribution in [0.4, 0.5) is 0 Å². The normalized spacial score (nSPS) is 15.2. The number of aliphatic hydroxyl groups is 1. The minimum absolute atomic E-state index is 0.00394. The number of carboxylic acid groups (broad SMARTS) is 1. The molecule has 1 aromatic carbocycles. The van der Waals surface area contributed by atoms with Crippen molar-refractivity contribution in [2.45, 2.75) is 63.9 Å². The molecule has 3 amide bonds. The number of aromatic nitrogens is 3. The molecule has 5 unspecified atom stereocenters. The summed E-state index contributed by atoms with van der Waals surface area (Å²) in [6.07, 6.45) is 3.18. The Labute approximate surface area is 225 Å². The highest BCUT2D eigenvalue weighted by Crippen LogP contribution is 2.19. The third-order valence-electron chi connectivity index (χ3n) is 6.41. The van der Waals surface area contributed by atoms with Crippen molar-refractivity contribution < 1.29 is 29.4 Å². The molecule has 210 valence electrons. The molecule has 0 saturated carbocycles. The molecule has 0 bridgehead atoms. The van der Waals surface area contributed by atoms with Gasteiger partial charge in [0.2, 0.25) is 17.7 Å². The van der Waals surface area contributed by atoms with Gasteiger partial charge in [-0.2, -0.15) is 0 Å². The zero-order valence-corrected chi connectivity index (χ0v) is 22.0. The number of aliphatic carboxylic acids is 1. The fraction of sp³-hybridized carbons (Fsp3) is 0.423. The van der Waals surface area contributed by atoms with Gasteiger partial charge in [0.05, 0.1) is 18.5 Å². The Bertz CT molecular complexity index is 1290. The molecule has 13 nitrogen and oxygen atoms in total. The summed E-state index contributed by atoms with van der Waals surface area (Å²) in [5, 5.41) is 28.3. The van der Waals surface area contributed by atoms with Crippen molar-refractivity contribution in [2.75, 3.05) is 0 Å². The average Bonchev–Trinajstić information content (AvgIpc) is 3.55. The zero-order valence-electron chi connectivity index (χ0n) is 22.0. The van der Waals surface area contributed by atoms with Crippen molar-refractivity contribution in [3.63, 3.8) is 0 Å². The summed E-state index contributed by atoms with van der Waals surface area (Å²) in [7, 11) is 0. The third kappa shape index (κ3) is 7.65. The molecule has 2 aromatic heterocycles. The molecule has 5 atom stereocenters. The highest BCUT2D eigenvalue weighted by atomic mass is 16.4. The van der Waals surface area contributed by atoms with Crippen molar-refractivity contribution in [1.29, 1.82) is 0 Å². The maximum absolute atomic E-state index is 13.4. The summed E-state index contributed by atoms with van der Waals surface area (Å²) >= 11 is 0. The first-order valence-corrected chi connectivity index (χ1v) is 12.6. The van der Waals surface area contributed by atoms with Gasteiger partial charge in [0.15, 0.2) is 0 Å². The van der Waals surface area contributed by atoms with E-state index >= 15 is 0 Å². The van der Waals surface area contributed by atoms with E-state index in [9.17, 15) is 29.4 Å². The highest BCUT2D eigenvalue weighted by Gasteiger charge is 2.33. The SMILES string of the molecule is CC(C)C(N)C(=O)NC(C(=O)NC(Cc1c[nH]c2ccccc12)C(=O)NC(Cc1cnc[nH]1)C(=O)O)C(C)O. The lowest BCUT2D eigenvalue weighted by molar-refractivity contribution is -0.142. The molecule has 3 aromatic rings. The predicted molar refractivity (Wildman–Crippen MR) is 142 cm³/mol. The Morgan fingerprint density at radius 1 is 0.949 bits per heavy atom. The Kier molecular flexibility index (Phi) is 9.79. The van der Waals surface area contributed by atoms with Gasteiger partial charge in [-0.1, -0.05) is 32.0 Å². The van der Waals surface area contributed by atoms with E-state index in [-0.39, 0.29) is 18.8 Å². The number of para-hydroxylation sites is 1. The Hall–Kier alpha value is -4.23. The van der Waals surface area contributed by atoms with Crippen molar-refractivity contribution in [3.8, 4) is 0 Å². The van der Waals surface area contributed by atoms with Gasteiger partial charge in [-0.3, -0.25) is 14.4 Å². The van der Waals surface area contributed by atoms with Gasteiger partial charge >= 0.3 is 5.97 Å². The smallest absolute Gasteiger partial charge is 0.326 e. The van der Waals surface area contributed by atoms with Crippen LogP contribution in [0.1, 0.15) is 32.0 Å². The minimum Gasteiger partial charge on any atom is -0.480 e. The fourth-order valence-corrected chi connectivity index (χ4v) is 4.04. The van der Waals surface area contributed by atoms with Crippen molar-refractivity contribution in [2.24, 2.45) is 11.7 Å². The van der Waals surface area contributed by atoms with E-state index in [0.29, 0.717) is 11.3 Å². The second-order valence-corrected chi connectivity index (χ2v) is 9.80. The molecule has 0 spiro atoms. The zero-order chi connectivity index (χ0) is 28.7. The predicted octanol–water partition coefficient (Wildman–Crippen LogP) is -0.421. The molecule has 0 aliphatic rings. The van der Waals surface area contributed by atoms with E-state index in [0.717, 1.165) is 10.9 Å². The second-order valence-electron chi connectivity index (χ2n) is 9.80. The van der Waals surface area contributed by atoms with Gasteiger partial charge in [0.1, 0.15) is 18.1 Å². The monoisotopic (exact) mass is 541 g/mol. The Morgan fingerprint density at radius 2 is 1.64 bits per heavy atom. The number of H-pyrrole nitrogens is 2. The maximum Gasteiger partial charge on any atom is 0.326 e. The molecule has 2 heterocycles. The third-order valence-corrected chi connectivity index (χ3v) is 6.41. The molecule has 3 rings (SSSR count). The van der Waals surface area contributed by atoms with Crippen molar-refractivity contribution in [1.82, 2.24) is 30.9 Å². The number of nitrogens with one attached hydrogen (secondary N) is 5. The minimum atomic E-state index is -1.40. The van der Waals surface area contributed by atoms with E-state index in [4.69, 9.17) is 5.73 Å². The number of hydrogen-bond acceptors (Lipinski definition) is 7. The van der Waals surface area contributed by atoms with E-state index in [1.807, 2.05) is 24.3 Å². The van der Waals surface area contributed by atoms with Crippen LogP contribution in [0.15, 0.2) is 43.0 Å². The fourth-order valence-electron chi connectivity index (χ4n) is 4.04. The number of fused-ring (bicyclic) bond motifs is 1. The van der Waals surface area contributed by atoms with Gasteiger partial charge in [-0.15, -0.1) is 0 Å². The molecule has 0 radical (unpaired) electrons. The number of hydrogen-bond donors (Lipinski definition) is 8. The number of carbonyl (C=O) groups is 4. The molecule has 13 heteroatoms. The van der Waals surface area contributed by atoms with Crippen LogP contribution >= 0.6 is 0 Å². The summed E-state index contributed by atoms with van der Waals surface area (Å²) in [4.78, 5) is 60.8. The molecular formula is C26H35N7O6. The first kappa shape index (κ1) is 29.3. The number of nitrogens with two attached hydrogens (primary N) is 1. The number of amides is 3. The summed E-state index contributed by atoms with van der Waals surface area (Å²) in [6.45, 7) is 4.81. The van der Waals surface area contributed by atoms with Crippen LogP contribution in [-0.2, 0) is 32.0 Å². The number of imidazole rings is 1. The Balaban J connectivity index is 1.85. The van der Waals surface area contributed by atoms with Gasteiger partial charge in [-0.05, 0) is 24.5 Å². The summed E-state index contributed by atoms with van der Waals surface area (Å²) in [6, 6.07) is 2.52. The number of aliphatic hydroxyl groups excluding tert-OH is 1. The van der Waals surface area contributed by atoms with Gasteiger partial charge in [0, 0.05) is 41.8 Å². The van der Waals surface area contributed by atoms with E-state index in [2.05, 4.69) is 30.9 Å². The van der Waals surface area contributed by atoms with E-state index in [1.165, 1.54) is 19.4 Å². The first-order chi connectivity index (χ1) is 18.5. The first-order valence-electron chi connectivity index (χ1n) is 12.6. The summed E-state index contributed by atoms with van der Waals surface area (Å²) in [5.41, 5.74) is 7.90. The molecule has 0 saturated heterocycles. The topological polar surface area (TPSA) is 215 Å². The molecule has 9 N–H and O–H groups in total. The lowest BCUT2D eigenvalue weighted by Gasteiger charge is -2.27. The summed E-state index contributed by atoms with van der Waals surface area (Å²) in [5.74, 6) is -3.70. The molecule has 0 fully saturated rings. The van der Waals surface area contributed by atoms with E-state index in [1.54, 1.807) is 20.0 Å². The van der Waals surface area contributed by atoms with Crippen LogP contribution in [0.25, 0.3) is 10.9 Å². The van der Waals surface area contributed by atoms with Crippen LogP contribution in [0.2, 0.25) is 0 Å². The number of aromatic amines is 2. The number of carbonyl (C=O) groups excluding carboxylic acids is 3. The number of benzene rings is 1. The highest BCUT2D eigenvalue weighted by molar-refractivity contribution is 5.95. The number of nitrogens with zero attached hydrogens (tertiary/aromatic N) is 1. The standard InChI is InChI=1S/C26H35N7O6/c1-13(2)21(27)24(36)33-22(14(3)34)25(37)31-19(8-15-10-29-18-7-5-4-6-17(15)18)23(35)32-20(26(38)39)9-16-11-28-12-30-16/h4-7,10-14,19-22,29,34H,8-9,27H2,1-3H3,(H,28,30)(H,31,37)(H,32,35)(H,33,36)(H,38,39). The quantitative estimate of drug-likeness (QED) is 0.142. The Morgan fingerprint density at radius 3 is 2.26 bits per heavy atom. The largest absolute Gasteiger partial charge is 0.480 e. The van der Waals surface area contributed by atoms with Crippen LogP contribution in [0.5, 0.6) is 0 Å². The van der Waals surface area contributed by atoms with Gasteiger partial charge in [0.25, 0.3) is 0 Å². The lowest BCUT2D eigenvalue weighted by Crippen LogP contribution is -2.60. The molecular weight excluding hydrogens is 506 g/mol. The molecule has 39 heavy (non-hydrogen) atoms. The van der Waals surface area contributed by atoms with Crippen LogP contribution in [0, 0.1) is 5.92 Å². The number of carboxylic acids is 1. The summed E-state index contributed by atoms with van der Waals surface area (Å²) < 4.78 is 0. The van der Waals surface area contributed by atoms with Gasteiger partial charge < -0.3 is 41.9 Å². The second kappa shape index (κ2) is 13.0. The van der Waals surface area contributed by atoms with Crippen LogP contribution in [-0.4, -0.2) is 79.1 Å². The molecule has 0 aliphatic heterocycles. The van der Waals surface area contributed by atoms with Crippen LogP contribution in [0.3, 0.4) is 0 Å². The molecule has 0 aliphatic carbocycles. The lowest BCUT2D eigenvalue weighted by atomic mass is 10.0. The average molecular weight is 542 g/mol. The maximum atomic E-state index is 13.4. The van der Waals surface area contributed by atoms with Crippen molar-refractivity contribution >= 4 is 34.6 Å². The van der Waals surface area contributed by atoms with Gasteiger partial charge in [-0.25, -0.2) is 9.78 Å².